The van der Waals surface area contributed by atoms with Crippen molar-refractivity contribution < 1.29 is 4.74 Å². The zero-order valence-electron chi connectivity index (χ0n) is 15.9. The first kappa shape index (κ1) is 18.8. The molecule has 0 aliphatic carbocycles. The van der Waals surface area contributed by atoms with Crippen LogP contribution in [0.2, 0.25) is 5.02 Å². The zero-order chi connectivity index (χ0) is 19.7. The van der Waals surface area contributed by atoms with Gasteiger partial charge in [-0.05, 0) is 66.7 Å². The van der Waals surface area contributed by atoms with Gasteiger partial charge in [0.05, 0.1) is 13.2 Å². The Balaban J connectivity index is 1.68. The minimum absolute atomic E-state index is 0.0362. The minimum atomic E-state index is 0.0362. The van der Waals surface area contributed by atoms with E-state index in [0.717, 1.165) is 35.1 Å². The van der Waals surface area contributed by atoms with E-state index in [9.17, 15) is 0 Å². The second-order valence-electron chi connectivity index (χ2n) is 6.84. The molecule has 0 saturated carbocycles. The Kier molecular flexibility index (Phi) is 5.29. The number of anilines is 1. The van der Waals surface area contributed by atoms with Crippen LogP contribution in [0.4, 0.5) is 5.69 Å². The van der Waals surface area contributed by atoms with E-state index in [1.54, 1.807) is 7.11 Å². The number of hydrogen-bond acceptors (Lipinski definition) is 2. The lowest BCUT2D eigenvalue weighted by molar-refractivity contribution is 0.293. The molecule has 1 aromatic heterocycles. The van der Waals surface area contributed by atoms with E-state index in [1.807, 2.05) is 37.3 Å². The quantitative estimate of drug-likeness (QED) is 0.595. The third kappa shape index (κ3) is 3.48. The maximum Gasteiger partial charge on any atom is 0.174 e. The molecule has 1 aliphatic heterocycles. The van der Waals surface area contributed by atoms with Gasteiger partial charge in [0.1, 0.15) is 5.75 Å². The predicted molar refractivity (Wildman–Crippen MR) is 118 cm³/mol. The van der Waals surface area contributed by atoms with Crippen LogP contribution < -0.4 is 10.1 Å². The second-order valence-corrected chi connectivity index (χ2v) is 7.63. The molecule has 2 aromatic carbocycles. The van der Waals surface area contributed by atoms with Crippen LogP contribution in [-0.2, 0) is 6.54 Å². The van der Waals surface area contributed by atoms with Gasteiger partial charge in [0.25, 0.3) is 0 Å². The van der Waals surface area contributed by atoms with Crippen LogP contribution in [0, 0.1) is 6.92 Å². The smallest absolute Gasteiger partial charge is 0.174 e. The van der Waals surface area contributed by atoms with Crippen molar-refractivity contribution >= 4 is 34.6 Å². The molecule has 0 amide bonds. The number of fused-ring (bicyclic) bond motifs is 1. The van der Waals surface area contributed by atoms with Crippen LogP contribution >= 0.6 is 23.8 Å². The maximum absolute atomic E-state index is 6.28. The van der Waals surface area contributed by atoms with Crippen LogP contribution in [0.5, 0.6) is 5.75 Å². The molecular weight excluding hydrogens is 390 g/mol. The highest BCUT2D eigenvalue weighted by molar-refractivity contribution is 7.80. The topological polar surface area (TPSA) is 29.4 Å². The molecule has 1 atom stereocenters. The predicted octanol–water partition coefficient (Wildman–Crippen LogP) is 5.26. The molecule has 4 nitrogen and oxygen atoms in total. The van der Waals surface area contributed by atoms with Gasteiger partial charge in [-0.3, -0.25) is 0 Å². The minimum Gasteiger partial charge on any atom is -0.497 e. The zero-order valence-corrected chi connectivity index (χ0v) is 17.4. The van der Waals surface area contributed by atoms with Crippen LogP contribution in [0.25, 0.3) is 0 Å². The van der Waals surface area contributed by atoms with Crippen LogP contribution in [-0.4, -0.2) is 28.2 Å². The van der Waals surface area contributed by atoms with Crippen molar-refractivity contribution in [1.29, 1.82) is 0 Å². The average Bonchev–Trinajstić information content (AvgIpc) is 3.19. The van der Waals surface area contributed by atoms with Crippen molar-refractivity contribution in [3.8, 4) is 5.75 Å². The standard InChI is InChI=1S/C22H22ClN3OS/c1-15-18(23)5-3-6-19(15)24-22(28)26-14-13-25-12-4-7-20(25)21(26)16-8-10-17(27-2)11-9-16/h3-12,21H,13-14H2,1-2H3,(H,24,28). The molecule has 0 radical (unpaired) electrons. The van der Waals surface area contributed by atoms with Crippen molar-refractivity contribution in [2.24, 2.45) is 0 Å². The van der Waals surface area contributed by atoms with Gasteiger partial charge in [-0.25, -0.2) is 0 Å². The lowest BCUT2D eigenvalue weighted by atomic mass is 10.00. The van der Waals surface area contributed by atoms with Crippen molar-refractivity contribution in [2.75, 3.05) is 19.0 Å². The fourth-order valence-electron chi connectivity index (χ4n) is 3.67. The summed E-state index contributed by atoms with van der Waals surface area (Å²) in [6.07, 6.45) is 2.13. The second kappa shape index (κ2) is 7.86. The molecule has 3 aromatic rings. The summed E-state index contributed by atoms with van der Waals surface area (Å²) >= 11 is 12.1. The molecule has 144 valence electrons. The molecule has 0 fully saturated rings. The summed E-state index contributed by atoms with van der Waals surface area (Å²) in [5, 5.41) is 4.83. The van der Waals surface area contributed by atoms with Crippen molar-refractivity contribution in [3.63, 3.8) is 0 Å². The van der Waals surface area contributed by atoms with E-state index >= 15 is 0 Å². The van der Waals surface area contributed by atoms with E-state index in [1.165, 1.54) is 11.3 Å². The number of halogens is 1. The summed E-state index contributed by atoms with van der Waals surface area (Å²) in [7, 11) is 1.68. The van der Waals surface area contributed by atoms with Crippen molar-refractivity contribution in [1.82, 2.24) is 9.47 Å². The fourth-order valence-corrected chi connectivity index (χ4v) is 4.15. The SMILES string of the molecule is COc1ccc(C2c3cccn3CCN2C(=S)Nc2cccc(Cl)c2C)cc1. The van der Waals surface area contributed by atoms with Gasteiger partial charge < -0.3 is 19.5 Å². The molecule has 4 rings (SSSR count). The molecular formula is C22H22ClN3OS. The Morgan fingerprint density at radius 2 is 1.89 bits per heavy atom. The number of aromatic nitrogens is 1. The number of nitrogens with zero attached hydrogens (tertiary/aromatic N) is 2. The average molecular weight is 412 g/mol. The Labute approximate surface area is 175 Å². The number of thiocarbonyl (C=S) groups is 1. The highest BCUT2D eigenvalue weighted by Gasteiger charge is 2.30. The normalized spacial score (nSPS) is 15.8. The van der Waals surface area contributed by atoms with Gasteiger partial charge in [-0.1, -0.05) is 29.8 Å². The summed E-state index contributed by atoms with van der Waals surface area (Å²) in [6.45, 7) is 3.71. The first-order chi connectivity index (χ1) is 13.6. The van der Waals surface area contributed by atoms with Crippen LogP contribution in [0.15, 0.2) is 60.8 Å². The Bertz CT molecular complexity index is 999. The van der Waals surface area contributed by atoms with Crippen LogP contribution in [0.1, 0.15) is 22.9 Å². The van der Waals surface area contributed by atoms with E-state index in [-0.39, 0.29) is 6.04 Å². The van der Waals surface area contributed by atoms with E-state index in [4.69, 9.17) is 28.6 Å². The number of hydrogen-bond donors (Lipinski definition) is 1. The Morgan fingerprint density at radius 3 is 2.64 bits per heavy atom. The van der Waals surface area contributed by atoms with E-state index in [0.29, 0.717) is 5.11 Å². The van der Waals surface area contributed by atoms with Gasteiger partial charge >= 0.3 is 0 Å². The summed E-state index contributed by atoms with van der Waals surface area (Å²) in [6, 6.07) is 18.3. The van der Waals surface area contributed by atoms with Gasteiger partial charge in [0, 0.05) is 35.7 Å². The molecule has 1 aliphatic rings. The first-order valence-corrected chi connectivity index (χ1v) is 9.99. The van der Waals surface area contributed by atoms with Crippen LogP contribution in [0.3, 0.4) is 0 Å². The third-order valence-electron chi connectivity index (χ3n) is 5.24. The number of rotatable bonds is 3. The van der Waals surface area contributed by atoms with Crippen molar-refractivity contribution in [3.05, 3.63) is 82.6 Å². The molecule has 0 bridgehead atoms. The molecule has 1 unspecified atom stereocenters. The molecule has 1 N–H and O–H groups in total. The number of benzene rings is 2. The maximum atomic E-state index is 6.28. The van der Waals surface area contributed by atoms with E-state index in [2.05, 4.69) is 45.2 Å². The highest BCUT2D eigenvalue weighted by Crippen LogP contribution is 2.34. The molecule has 6 heteroatoms. The summed E-state index contributed by atoms with van der Waals surface area (Å²) in [5.41, 5.74) is 4.33. The molecule has 0 saturated heterocycles. The van der Waals surface area contributed by atoms with Gasteiger partial charge in [-0.15, -0.1) is 0 Å². The van der Waals surface area contributed by atoms with Gasteiger partial charge in [-0.2, -0.15) is 0 Å². The fraction of sp³-hybridized carbons (Fsp3) is 0.227. The van der Waals surface area contributed by atoms with Gasteiger partial charge in [0.2, 0.25) is 0 Å². The monoisotopic (exact) mass is 411 g/mol. The van der Waals surface area contributed by atoms with Gasteiger partial charge in [0.15, 0.2) is 5.11 Å². The van der Waals surface area contributed by atoms with E-state index < -0.39 is 0 Å². The lowest BCUT2D eigenvalue weighted by Gasteiger charge is -2.39. The number of methoxy groups -OCH3 is 1. The number of nitrogens with one attached hydrogen (secondary N) is 1. The Morgan fingerprint density at radius 1 is 1.11 bits per heavy atom. The molecule has 2 heterocycles. The first-order valence-electron chi connectivity index (χ1n) is 9.20. The lowest BCUT2D eigenvalue weighted by Crippen LogP contribution is -2.44. The largest absolute Gasteiger partial charge is 0.497 e. The molecule has 28 heavy (non-hydrogen) atoms. The molecule has 0 spiro atoms. The summed E-state index contributed by atoms with van der Waals surface area (Å²) in [5.74, 6) is 0.844. The third-order valence-corrected chi connectivity index (χ3v) is 5.99. The number of ether oxygens (including phenoxy) is 1. The summed E-state index contributed by atoms with van der Waals surface area (Å²) < 4.78 is 7.61. The highest BCUT2D eigenvalue weighted by atomic mass is 35.5. The summed E-state index contributed by atoms with van der Waals surface area (Å²) in [4.78, 5) is 2.24. The van der Waals surface area contributed by atoms with Crippen molar-refractivity contribution in [2.45, 2.75) is 19.5 Å². The Hall–Kier alpha value is -2.50.